The predicted octanol–water partition coefficient (Wildman–Crippen LogP) is 5.68. The summed E-state index contributed by atoms with van der Waals surface area (Å²) in [4.78, 5) is 12.6. The Kier molecular flexibility index (Phi) is 4.09. The van der Waals surface area contributed by atoms with Crippen LogP contribution in [-0.2, 0) is 6.42 Å². The first-order chi connectivity index (χ1) is 10.1. The number of fused-ring (bicyclic) bond motifs is 1. The van der Waals surface area contributed by atoms with Crippen molar-refractivity contribution in [1.29, 1.82) is 0 Å². The topological polar surface area (TPSA) is 17.1 Å². The van der Waals surface area contributed by atoms with Crippen molar-refractivity contribution in [2.45, 2.75) is 6.42 Å². The van der Waals surface area contributed by atoms with Crippen LogP contribution in [0.25, 0.3) is 10.8 Å². The second kappa shape index (κ2) is 6.00. The summed E-state index contributed by atoms with van der Waals surface area (Å²) in [7, 11) is 0. The molecular weight excluding hydrogens is 348 g/mol. The maximum Gasteiger partial charge on any atom is 0.167 e. The SMILES string of the molecule is O=C(Cc1ccc(Br)cc1)c1ccc(Cl)c2ccccc12. The second-order valence-electron chi connectivity index (χ2n) is 4.87. The Bertz CT molecular complexity index is 809. The Morgan fingerprint density at radius 1 is 0.905 bits per heavy atom. The number of benzene rings is 3. The van der Waals surface area contributed by atoms with Crippen molar-refractivity contribution in [3.63, 3.8) is 0 Å². The van der Waals surface area contributed by atoms with Crippen LogP contribution in [-0.4, -0.2) is 5.78 Å². The van der Waals surface area contributed by atoms with E-state index >= 15 is 0 Å². The van der Waals surface area contributed by atoms with Crippen molar-refractivity contribution in [3.8, 4) is 0 Å². The van der Waals surface area contributed by atoms with E-state index < -0.39 is 0 Å². The average molecular weight is 360 g/mol. The van der Waals surface area contributed by atoms with Crippen LogP contribution in [0, 0.1) is 0 Å². The predicted molar refractivity (Wildman–Crippen MR) is 91.1 cm³/mol. The molecule has 104 valence electrons. The number of Topliss-reactive ketones (excluding diaryl/α,β-unsaturated/α-hetero) is 1. The molecule has 0 aliphatic rings. The minimum Gasteiger partial charge on any atom is -0.294 e. The van der Waals surface area contributed by atoms with Crippen molar-refractivity contribution < 1.29 is 4.79 Å². The molecule has 0 aromatic heterocycles. The lowest BCUT2D eigenvalue weighted by atomic mass is 9.97. The van der Waals surface area contributed by atoms with Crippen molar-refractivity contribution in [3.05, 3.63) is 81.3 Å². The Morgan fingerprint density at radius 2 is 1.57 bits per heavy atom. The zero-order valence-electron chi connectivity index (χ0n) is 11.1. The molecule has 21 heavy (non-hydrogen) atoms. The fraction of sp³-hybridized carbons (Fsp3) is 0.0556. The van der Waals surface area contributed by atoms with Gasteiger partial charge in [0.2, 0.25) is 0 Å². The third-order valence-electron chi connectivity index (χ3n) is 3.45. The van der Waals surface area contributed by atoms with Gasteiger partial charge in [-0.3, -0.25) is 4.79 Å². The fourth-order valence-corrected chi connectivity index (χ4v) is 2.88. The molecular formula is C18H12BrClO. The van der Waals surface area contributed by atoms with E-state index in [1.807, 2.05) is 54.6 Å². The van der Waals surface area contributed by atoms with E-state index in [1.165, 1.54) is 0 Å². The van der Waals surface area contributed by atoms with Gasteiger partial charge in [0.05, 0.1) is 0 Å². The van der Waals surface area contributed by atoms with Crippen molar-refractivity contribution in [2.75, 3.05) is 0 Å². The van der Waals surface area contributed by atoms with E-state index in [0.29, 0.717) is 11.4 Å². The van der Waals surface area contributed by atoms with Gasteiger partial charge < -0.3 is 0 Å². The van der Waals surface area contributed by atoms with Crippen LogP contribution in [0.2, 0.25) is 5.02 Å². The number of ketones is 1. The zero-order valence-corrected chi connectivity index (χ0v) is 13.5. The van der Waals surface area contributed by atoms with Crippen molar-refractivity contribution in [2.24, 2.45) is 0 Å². The van der Waals surface area contributed by atoms with Gasteiger partial charge in [0.25, 0.3) is 0 Å². The van der Waals surface area contributed by atoms with E-state index in [2.05, 4.69) is 15.9 Å². The van der Waals surface area contributed by atoms with Gasteiger partial charge in [-0.15, -0.1) is 0 Å². The highest BCUT2D eigenvalue weighted by Crippen LogP contribution is 2.27. The largest absolute Gasteiger partial charge is 0.294 e. The molecule has 0 fully saturated rings. The van der Waals surface area contributed by atoms with Crippen LogP contribution in [0.15, 0.2) is 65.1 Å². The molecule has 0 radical (unpaired) electrons. The van der Waals surface area contributed by atoms with Gasteiger partial charge in [0, 0.05) is 26.9 Å². The zero-order chi connectivity index (χ0) is 14.8. The monoisotopic (exact) mass is 358 g/mol. The lowest BCUT2D eigenvalue weighted by Crippen LogP contribution is -2.04. The molecule has 3 rings (SSSR count). The molecule has 3 aromatic carbocycles. The minimum absolute atomic E-state index is 0.102. The molecule has 3 aromatic rings. The second-order valence-corrected chi connectivity index (χ2v) is 6.19. The summed E-state index contributed by atoms with van der Waals surface area (Å²) < 4.78 is 1.01. The Balaban J connectivity index is 1.98. The molecule has 0 amide bonds. The van der Waals surface area contributed by atoms with Gasteiger partial charge in [-0.1, -0.05) is 63.9 Å². The van der Waals surface area contributed by atoms with Gasteiger partial charge in [0.1, 0.15) is 0 Å². The molecule has 0 spiro atoms. The van der Waals surface area contributed by atoms with Crippen molar-refractivity contribution in [1.82, 2.24) is 0 Å². The van der Waals surface area contributed by atoms with Gasteiger partial charge in [0.15, 0.2) is 5.78 Å². The molecule has 0 heterocycles. The molecule has 3 heteroatoms. The number of halogens is 2. The van der Waals surface area contributed by atoms with E-state index in [9.17, 15) is 4.79 Å². The highest BCUT2D eigenvalue weighted by Gasteiger charge is 2.12. The maximum absolute atomic E-state index is 12.6. The molecule has 0 N–H and O–H groups in total. The van der Waals surface area contributed by atoms with E-state index in [1.54, 1.807) is 6.07 Å². The van der Waals surface area contributed by atoms with Crippen LogP contribution in [0.3, 0.4) is 0 Å². The Labute approximate surface area is 136 Å². The molecule has 0 aliphatic carbocycles. The summed E-state index contributed by atoms with van der Waals surface area (Å²) in [6.07, 6.45) is 0.388. The number of rotatable bonds is 3. The first kappa shape index (κ1) is 14.3. The van der Waals surface area contributed by atoms with E-state index in [-0.39, 0.29) is 5.78 Å². The molecule has 0 saturated carbocycles. The standard InChI is InChI=1S/C18H12BrClO/c19-13-7-5-12(6-8-13)11-18(21)16-9-10-17(20)15-4-2-1-3-14(15)16/h1-10H,11H2. The van der Waals surface area contributed by atoms with Gasteiger partial charge in [-0.25, -0.2) is 0 Å². The fourth-order valence-electron chi connectivity index (χ4n) is 2.39. The van der Waals surface area contributed by atoms with Gasteiger partial charge in [-0.2, -0.15) is 0 Å². The van der Waals surface area contributed by atoms with E-state index in [4.69, 9.17) is 11.6 Å². The van der Waals surface area contributed by atoms with Gasteiger partial charge >= 0.3 is 0 Å². The summed E-state index contributed by atoms with van der Waals surface area (Å²) in [5.74, 6) is 0.102. The number of carbonyl (C=O) groups is 1. The summed E-state index contributed by atoms with van der Waals surface area (Å²) in [6.45, 7) is 0. The smallest absolute Gasteiger partial charge is 0.167 e. The highest BCUT2D eigenvalue weighted by atomic mass is 79.9. The number of hydrogen-bond donors (Lipinski definition) is 0. The maximum atomic E-state index is 12.6. The normalized spacial score (nSPS) is 10.8. The summed E-state index contributed by atoms with van der Waals surface area (Å²) >= 11 is 9.59. The molecule has 0 bridgehead atoms. The molecule has 0 aliphatic heterocycles. The highest BCUT2D eigenvalue weighted by molar-refractivity contribution is 9.10. The lowest BCUT2D eigenvalue weighted by Gasteiger charge is -2.07. The summed E-state index contributed by atoms with van der Waals surface area (Å²) in [5.41, 5.74) is 1.72. The molecule has 1 nitrogen and oxygen atoms in total. The van der Waals surface area contributed by atoms with Crippen LogP contribution in [0.4, 0.5) is 0 Å². The van der Waals surface area contributed by atoms with Crippen LogP contribution < -0.4 is 0 Å². The Hall–Kier alpha value is -1.64. The summed E-state index contributed by atoms with van der Waals surface area (Å²) in [6, 6.07) is 19.1. The average Bonchev–Trinajstić information content (AvgIpc) is 2.50. The first-order valence-electron chi connectivity index (χ1n) is 6.60. The first-order valence-corrected chi connectivity index (χ1v) is 7.77. The third kappa shape index (κ3) is 3.02. The van der Waals surface area contributed by atoms with Gasteiger partial charge in [-0.05, 0) is 35.2 Å². The summed E-state index contributed by atoms with van der Waals surface area (Å²) in [5, 5.41) is 2.50. The third-order valence-corrected chi connectivity index (χ3v) is 4.31. The molecule has 0 unspecified atom stereocenters. The molecule has 0 atom stereocenters. The molecule has 0 saturated heterocycles. The number of hydrogen-bond acceptors (Lipinski definition) is 1. The minimum atomic E-state index is 0.102. The van der Waals surface area contributed by atoms with Crippen LogP contribution in [0.1, 0.15) is 15.9 Å². The quantitative estimate of drug-likeness (QED) is 0.550. The van der Waals surface area contributed by atoms with Crippen molar-refractivity contribution >= 4 is 44.1 Å². The number of carbonyl (C=O) groups excluding carboxylic acids is 1. The Morgan fingerprint density at radius 3 is 2.29 bits per heavy atom. The van der Waals surface area contributed by atoms with Crippen LogP contribution >= 0.6 is 27.5 Å². The lowest BCUT2D eigenvalue weighted by molar-refractivity contribution is 0.0994. The van der Waals surface area contributed by atoms with E-state index in [0.717, 1.165) is 26.4 Å². The van der Waals surface area contributed by atoms with Crippen LogP contribution in [0.5, 0.6) is 0 Å².